The zero-order valence-electron chi connectivity index (χ0n) is 3.29. The summed E-state index contributed by atoms with van der Waals surface area (Å²) in [4.78, 5) is 0. The molecule has 0 radical (unpaired) electrons. The van der Waals surface area contributed by atoms with Gasteiger partial charge in [-0.05, 0) is 0 Å². The Kier molecular flexibility index (Phi) is 35.2. The third-order valence-corrected chi connectivity index (χ3v) is 0. The van der Waals surface area contributed by atoms with Gasteiger partial charge in [0.1, 0.15) is 0 Å². The molecule has 0 saturated carbocycles. The molecule has 0 saturated heterocycles. The van der Waals surface area contributed by atoms with Crippen LogP contribution in [0.15, 0.2) is 0 Å². The number of hydrogen-bond donors (Lipinski definition) is 0. The fraction of sp³-hybridized carbons (Fsp3) is 0. The van der Waals surface area contributed by atoms with Crippen LogP contribution >= 0.6 is 0 Å². The van der Waals surface area contributed by atoms with Gasteiger partial charge in [-0.3, -0.25) is 7.32 Å². The molecule has 0 aromatic heterocycles. The monoisotopic (exact) mass is 312 g/mol. The van der Waals surface area contributed by atoms with Gasteiger partial charge >= 0.3 is 44.9 Å². The number of hydrogen-bond acceptors (Lipinski definition) is 4. The molecule has 0 aromatic carbocycles. The van der Waals surface area contributed by atoms with E-state index in [0.717, 1.165) is 0 Å². The molecule has 0 rings (SSSR count). The van der Waals surface area contributed by atoms with E-state index in [1.54, 1.807) is 0 Å². The second kappa shape index (κ2) is 15.7. The van der Waals surface area contributed by atoms with E-state index in [1.807, 2.05) is 0 Å². The zero-order valence-corrected chi connectivity index (χ0v) is 8.33. The van der Waals surface area contributed by atoms with E-state index < -0.39 is 7.32 Å². The molecule has 0 unspecified atom stereocenters. The summed E-state index contributed by atoms with van der Waals surface area (Å²) in [5.74, 6) is 0. The van der Waals surface area contributed by atoms with Gasteiger partial charge < -0.3 is 15.1 Å². The van der Waals surface area contributed by atoms with Crippen LogP contribution in [0, 0.1) is 0 Å². The predicted octanol–water partition coefficient (Wildman–Crippen LogP) is -5.10. The van der Waals surface area contributed by atoms with E-state index in [4.69, 9.17) is 17.9 Å². The van der Waals surface area contributed by atoms with Crippen molar-refractivity contribution in [3.63, 3.8) is 0 Å². The summed E-state index contributed by atoms with van der Waals surface area (Å²) in [6.07, 6.45) is 0. The Morgan fingerprint density at radius 1 is 1.14 bits per heavy atom. The average molecular weight is 312 g/mol. The van der Waals surface area contributed by atoms with Crippen molar-refractivity contribution in [1.29, 1.82) is 0 Å². The summed E-state index contributed by atoms with van der Waals surface area (Å²) in [5.41, 5.74) is 0. The van der Waals surface area contributed by atoms with Gasteiger partial charge in [0.25, 0.3) is 0 Å². The molecule has 36 valence electrons. The van der Waals surface area contributed by atoms with Crippen LogP contribution in [0.3, 0.4) is 0 Å². The fourth-order valence-electron chi connectivity index (χ4n) is 0. The second-order valence-corrected chi connectivity index (χ2v) is 0.289. The SMILES string of the molecule is [Al+3].[O-]B([O-])[O-].[O]=[BiH]. The van der Waals surface area contributed by atoms with E-state index in [1.165, 1.54) is 0 Å². The molecule has 0 heterocycles. The van der Waals surface area contributed by atoms with Crippen molar-refractivity contribution in [2.24, 2.45) is 0 Å². The van der Waals surface area contributed by atoms with Crippen molar-refractivity contribution in [2.45, 2.75) is 0 Å². The molecule has 7 heteroatoms. The summed E-state index contributed by atoms with van der Waals surface area (Å²) in [5, 5.41) is 25.2. The Hall–Kier alpha value is 1.16. The van der Waals surface area contributed by atoms with Crippen LogP contribution in [0.25, 0.3) is 0 Å². The molecule has 0 aliphatic heterocycles. The Labute approximate surface area is 67.1 Å². The minimum atomic E-state index is -2.92. The van der Waals surface area contributed by atoms with E-state index in [2.05, 4.69) is 0 Å². The summed E-state index contributed by atoms with van der Waals surface area (Å²) < 4.78 is 8.39. The van der Waals surface area contributed by atoms with E-state index >= 15 is 0 Å². The fourth-order valence-corrected chi connectivity index (χ4v) is 0. The van der Waals surface area contributed by atoms with Crippen LogP contribution in [0.5, 0.6) is 0 Å². The van der Waals surface area contributed by atoms with Gasteiger partial charge in [0.05, 0.1) is 0 Å². The van der Waals surface area contributed by atoms with E-state index in [9.17, 15) is 0 Å². The zero-order chi connectivity index (χ0) is 5.58. The van der Waals surface area contributed by atoms with Gasteiger partial charge in [-0.2, -0.15) is 0 Å². The Morgan fingerprint density at radius 2 is 1.14 bits per heavy atom. The van der Waals surface area contributed by atoms with Gasteiger partial charge in [0.15, 0.2) is 0 Å². The van der Waals surface area contributed by atoms with Crippen molar-refractivity contribution in [3.05, 3.63) is 0 Å². The van der Waals surface area contributed by atoms with Crippen molar-refractivity contribution >= 4 is 49.4 Å². The summed E-state index contributed by atoms with van der Waals surface area (Å²) >= 11 is 0.0556. The first kappa shape index (κ1) is 15.7. The maximum atomic E-state index is 8.42. The molecular formula is HAlBBiO4. The van der Waals surface area contributed by atoms with Crippen LogP contribution in [-0.4, -0.2) is 49.4 Å². The van der Waals surface area contributed by atoms with Gasteiger partial charge in [-0.25, -0.2) is 0 Å². The van der Waals surface area contributed by atoms with Crippen LogP contribution in [0.2, 0.25) is 0 Å². The Morgan fingerprint density at radius 3 is 1.14 bits per heavy atom. The summed E-state index contributed by atoms with van der Waals surface area (Å²) in [7, 11) is -2.92. The van der Waals surface area contributed by atoms with Gasteiger partial charge in [0.2, 0.25) is 0 Å². The molecule has 0 spiro atoms. The first-order chi connectivity index (χ1) is 2.73. The summed E-state index contributed by atoms with van der Waals surface area (Å²) in [6.45, 7) is 0. The van der Waals surface area contributed by atoms with Crippen LogP contribution in [-0.2, 0) is 2.81 Å². The van der Waals surface area contributed by atoms with Crippen molar-refractivity contribution in [3.8, 4) is 0 Å². The third kappa shape index (κ3) is 142. The molecule has 0 aliphatic carbocycles. The first-order valence-corrected chi connectivity index (χ1v) is 2.50. The first-order valence-electron chi connectivity index (χ1n) is 0.911. The van der Waals surface area contributed by atoms with Gasteiger partial charge in [-0.1, -0.05) is 0 Å². The Balaban J connectivity index is -0.0000000480. The number of rotatable bonds is 0. The van der Waals surface area contributed by atoms with Gasteiger partial charge in [-0.15, -0.1) is 0 Å². The quantitative estimate of drug-likeness (QED) is 0.419. The molecule has 7 heavy (non-hydrogen) atoms. The summed E-state index contributed by atoms with van der Waals surface area (Å²) in [6, 6.07) is 0. The standard InChI is InChI=1S/Al.BO3.Bi.O.H/c;2-1(3)4;;;/q+3;-3;;;. The van der Waals surface area contributed by atoms with Crippen molar-refractivity contribution in [2.75, 3.05) is 0 Å². The van der Waals surface area contributed by atoms with Crippen molar-refractivity contribution in [1.82, 2.24) is 0 Å². The van der Waals surface area contributed by atoms with E-state index in [0.29, 0.717) is 0 Å². The topological polar surface area (TPSA) is 86.2 Å². The molecule has 0 bridgehead atoms. The Bertz CT molecular complexity index is 22.9. The van der Waals surface area contributed by atoms with Crippen molar-refractivity contribution < 1.29 is 17.9 Å². The maximum absolute atomic E-state index is 8.42. The normalized spacial score (nSPS) is 4.43. The van der Waals surface area contributed by atoms with Crippen LogP contribution in [0.4, 0.5) is 0 Å². The molecule has 0 atom stereocenters. The molecule has 0 fully saturated rings. The molecule has 0 aliphatic rings. The van der Waals surface area contributed by atoms with E-state index in [-0.39, 0.29) is 42.1 Å². The average Bonchev–Trinajstić information content (AvgIpc) is 1.41. The third-order valence-electron chi connectivity index (χ3n) is 0. The molecule has 0 amide bonds. The predicted molar refractivity (Wildman–Crippen MR) is 19.3 cm³/mol. The van der Waals surface area contributed by atoms with Gasteiger partial charge in [0, 0.05) is 0 Å². The van der Waals surface area contributed by atoms with Crippen LogP contribution < -0.4 is 15.1 Å². The molecular weight excluding hydrogens is 311 g/mol. The molecule has 0 N–H and O–H groups in total. The molecule has 4 nitrogen and oxygen atoms in total. The molecule has 0 aromatic rings. The minimum absolute atomic E-state index is 0. The van der Waals surface area contributed by atoms with Crippen LogP contribution in [0.1, 0.15) is 0 Å². The second-order valence-electron chi connectivity index (χ2n) is 0.289.